The largest absolute Gasteiger partial charge is 0.326 e. The van der Waals surface area contributed by atoms with Gasteiger partial charge in [0.2, 0.25) is 5.91 Å². The van der Waals surface area contributed by atoms with Crippen molar-refractivity contribution in [2.24, 2.45) is 0 Å². The first-order valence-electron chi connectivity index (χ1n) is 6.79. The Labute approximate surface area is 124 Å². The highest BCUT2D eigenvalue weighted by atomic mass is 32.1. The lowest BCUT2D eigenvalue weighted by atomic mass is 10.0. The van der Waals surface area contributed by atoms with Crippen molar-refractivity contribution in [2.75, 3.05) is 5.32 Å². The minimum Gasteiger partial charge on any atom is -0.326 e. The number of thiophene rings is 1. The fourth-order valence-electron chi connectivity index (χ4n) is 2.04. The Hall–Kier alpha value is -1.87. The van der Waals surface area contributed by atoms with Gasteiger partial charge < -0.3 is 5.32 Å². The van der Waals surface area contributed by atoms with Crippen LogP contribution in [0.2, 0.25) is 0 Å². The van der Waals surface area contributed by atoms with Gasteiger partial charge in [-0.3, -0.25) is 4.79 Å². The average Bonchev–Trinajstić information content (AvgIpc) is 2.92. The third kappa shape index (κ3) is 4.07. The lowest BCUT2D eigenvalue weighted by molar-refractivity contribution is -0.115. The van der Waals surface area contributed by atoms with Crippen LogP contribution >= 0.6 is 11.3 Å². The second-order valence-corrected chi connectivity index (χ2v) is 5.77. The standard InChI is InChI=1S/C17H19NOS/c1-3-6-13(2)14-7-4-8-15(11-14)18-17(19)12-16-9-5-10-20-16/h4-5,7-11H,2-3,6,12H2,1H3,(H,18,19). The number of nitrogens with one attached hydrogen (secondary N) is 1. The van der Waals surface area contributed by atoms with Gasteiger partial charge in [-0.25, -0.2) is 0 Å². The molecule has 20 heavy (non-hydrogen) atoms. The van der Waals surface area contributed by atoms with Crippen molar-refractivity contribution in [3.63, 3.8) is 0 Å². The van der Waals surface area contributed by atoms with Gasteiger partial charge in [0.05, 0.1) is 6.42 Å². The van der Waals surface area contributed by atoms with E-state index in [0.717, 1.165) is 34.5 Å². The van der Waals surface area contributed by atoms with Crippen molar-refractivity contribution in [3.8, 4) is 0 Å². The third-order valence-electron chi connectivity index (χ3n) is 3.02. The van der Waals surface area contributed by atoms with E-state index in [0.29, 0.717) is 6.42 Å². The van der Waals surface area contributed by atoms with Crippen LogP contribution in [0.5, 0.6) is 0 Å². The van der Waals surface area contributed by atoms with Crippen molar-refractivity contribution < 1.29 is 4.79 Å². The molecular formula is C17H19NOS. The summed E-state index contributed by atoms with van der Waals surface area (Å²) in [6, 6.07) is 11.8. The number of anilines is 1. The summed E-state index contributed by atoms with van der Waals surface area (Å²) >= 11 is 1.60. The quantitative estimate of drug-likeness (QED) is 0.816. The number of hydrogen-bond acceptors (Lipinski definition) is 2. The van der Waals surface area contributed by atoms with Gasteiger partial charge in [-0.15, -0.1) is 11.3 Å². The van der Waals surface area contributed by atoms with E-state index in [1.165, 1.54) is 0 Å². The first kappa shape index (κ1) is 14.5. The molecule has 0 saturated heterocycles. The summed E-state index contributed by atoms with van der Waals surface area (Å²) in [5, 5.41) is 4.93. The van der Waals surface area contributed by atoms with E-state index in [-0.39, 0.29) is 5.91 Å². The Morgan fingerprint density at radius 2 is 2.15 bits per heavy atom. The lowest BCUT2D eigenvalue weighted by Crippen LogP contribution is -2.13. The highest BCUT2D eigenvalue weighted by Gasteiger charge is 2.06. The molecule has 2 aromatic rings. The molecule has 0 fully saturated rings. The summed E-state index contributed by atoms with van der Waals surface area (Å²) in [5.74, 6) is 0.0192. The van der Waals surface area contributed by atoms with E-state index in [4.69, 9.17) is 0 Å². The molecule has 0 saturated carbocycles. The molecule has 0 bridgehead atoms. The number of benzene rings is 1. The van der Waals surface area contributed by atoms with Crippen molar-refractivity contribution in [3.05, 3.63) is 58.8 Å². The van der Waals surface area contributed by atoms with E-state index >= 15 is 0 Å². The SMILES string of the molecule is C=C(CCC)c1cccc(NC(=O)Cc2cccs2)c1. The molecule has 1 aromatic carbocycles. The number of allylic oxidation sites excluding steroid dienone is 1. The summed E-state index contributed by atoms with van der Waals surface area (Å²) in [5.41, 5.74) is 3.05. The molecule has 0 aliphatic carbocycles. The highest BCUT2D eigenvalue weighted by Crippen LogP contribution is 2.21. The number of amides is 1. The first-order valence-corrected chi connectivity index (χ1v) is 7.67. The summed E-state index contributed by atoms with van der Waals surface area (Å²) < 4.78 is 0. The number of hydrogen-bond donors (Lipinski definition) is 1. The second-order valence-electron chi connectivity index (χ2n) is 4.74. The van der Waals surface area contributed by atoms with E-state index in [1.54, 1.807) is 11.3 Å². The monoisotopic (exact) mass is 285 g/mol. The van der Waals surface area contributed by atoms with E-state index in [1.807, 2.05) is 41.8 Å². The van der Waals surface area contributed by atoms with Crippen LogP contribution in [0.15, 0.2) is 48.4 Å². The summed E-state index contributed by atoms with van der Waals surface area (Å²) in [7, 11) is 0. The summed E-state index contributed by atoms with van der Waals surface area (Å²) in [6.45, 7) is 6.22. The van der Waals surface area contributed by atoms with E-state index < -0.39 is 0 Å². The molecule has 0 unspecified atom stereocenters. The number of carbonyl (C=O) groups is 1. The van der Waals surface area contributed by atoms with Crippen LogP contribution in [0.4, 0.5) is 5.69 Å². The minimum absolute atomic E-state index is 0.0192. The molecule has 0 radical (unpaired) electrons. The molecule has 104 valence electrons. The van der Waals surface area contributed by atoms with Gasteiger partial charge in [0.25, 0.3) is 0 Å². The smallest absolute Gasteiger partial charge is 0.229 e. The molecule has 2 nitrogen and oxygen atoms in total. The van der Waals surface area contributed by atoms with Gasteiger partial charge in [-0.05, 0) is 41.1 Å². The predicted molar refractivity (Wildman–Crippen MR) is 87.0 cm³/mol. The van der Waals surface area contributed by atoms with Crippen molar-refractivity contribution >= 4 is 28.5 Å². The maximum atomic E-state index is 12.0. The van der Waals surface area contributed by atoms with Crippen molar-refractivity contribution in [1.82, 2.24) is 0 Å². The molecule has 1 aromatic heterocycles. The van der Waals surface area contributed by atoms with Crippen LogP contribution in [0.1, 0.15) is 30.2 Å². The summed E-state index contributed by atoms with van der Waals surface area (Å²) in [6.07, 6.45) is 2.48. The van der Waals surface area contributed by atoms with Gasteiger partial charge in [-0.2, -0.15) is 0 Å². The van der Waals surface area contributed by atoms with Crippen LogP contribution in [-0.2, 0) is 11.2 Å². The van der Waals surface area contributed by atoms with Gasteiger partial charge in [0, 0.05) is 10.6 Å². The van der Waals surface area contributed by atoms with Crippen LogP contribution < -0.4 is 5.32 Å². The Morgan fingerprint density at radius 3 is 2.85 bits per heavy atom. The lowest BCUT2D eigenvalue weighted by Gasteiger charge is -2.08. The van der Waals surface area contributed by atoms with Crippen LogP contribution in [0, 0.1) is 0 Å². The second kappa shape index (κ2) is 7.06. The predicted octanol–water partition coefficient (Wildman–Crippen LogP) is 4.74. The third-order valence-corrected chi connectivity index (χ3v) is 3.90. The zero-order chi connectivity index (χ0) is 14.4. The van der Waals surface area contributed by atoms with Gasteiger partial charge in [-0.1, -0.05) is 38.1 Å². The van der Waals surface area contributed by atoms with Crippen LogP contribution in [0.3, 0.4) is 0 Å². The molecule has 1 heterocycles. The molecule has 0 atom stereocenters. The molecule has 0 spiro atoms. The topological polar surface area (TPSA) is 29.1 Å². The maximum Gasteiger partial charge on any atom is 0.229 e. The summed E-state index contributed by atoms with van der Waals surface area (Å²) in [4.78, 5) is 13.0. The van der Waals surface area contributed by atoms with E-state index in [9.17, 15) is 4.79 Å². The molecule has 0 aliphatic heterocycles. The van der Waals surface area contributed by atoms with Crippen LogP contribution in [-0.4, -0.2) is 5.91 Å². The van der Waals surface area contributed by atoms with Crippen molar-refractivity contribution in [2.45, 2.75) is 26.2 Å². The van der Waals surface area contributed by atoms with E-state index in [2.05, 4.69) is 18.8 Å². The van der Waals surface area contributed by atoms with Gasteiger partial charge in [0.1, 0.15) is 0 Å². The van der Waals surface area contributed by atoms with Gasteiger partial charge in [0.15, 0.2) is 0 Å². The first-order chi connectivity index (χ1) is 9.69. The fourth-order valence-corrected chi connectivity index (χ4v) is 2.74. The average molecular weight is 285 g/mol. The minimum atomic E-state index is 0.0192. The maximum absolute atomic E-state index is 12.0. The van der Waals surface area contributed by atoms with Gasteiger partial charge >= 0.3 is 0 Å². The van der Waals surface area contributed by atoms with Crippen LogP contribution in [0.25, 0.3) is 5.57 Å². The Kier molecular flexibility index (Phi) is 5.13. The van der Waals surface area contributed by atoms with Crippen molar-refractivity contribution in [1.29, 1.82) is 0 Å². The Balaban J connectivity index is 2.00. The normalized spacial score (nSPS) is 10.2. The highest BCUT2D eigenvalue weighted by molar-refractivity contribution is 7.10. The molecule has 2 rings (SSSR count). The number of carbonyl (C=O) groups excluding carboxylic acids is 1. The fraction of sp³-hybridized carbons (Fsp3) is 0.235. The Morgan fingerprint density at radius 1 is 1.30 bits per heavy atom. The Bertz CT molecular complexity index is 587. The zero-order valence-corrected chi connectivity index (χ0v) is 12.5. The molecule has 1 N–H and O–H groups in total. The molecule has 1 amide bonds. The zero-order valence-electron chi connectivity index (χ0n) is 11.7. The molecule has 3 heteroatoms. The molecular weight excluding hydrogens is 266 g/mol. The number of rotatable bonds is 6. The molecule has 0 aliphatic rings.